The Labute approximate surface area is 100 Å². The second-order valence-corrected chi connectivity index (χ2v) is 4.36. The van der Waals surface area contributed by atoms with E-state index in [0.29, 0.717) is 13.1 Å². The predicted molar refractivity (Wildman–Crippen MR) is 62.0 cm³/mol. The first-order chi connectivity index (χ1) is 8.20. The number of H-pyrrole nitrogens is 1. The van der Waals surface area contributed by atoms with Crippen LogP contribution in [0.3, 0.4) is 0 Å². The maximum Gasteiger partial charge on any atom is 0.251 e. The Morgan fingerprint density at radius 2 is 2.53 bits per heavy atom. The number of amides is 1. The van der Waals surface area contributed by atoms with Crippen LogP contribution in [0.1, 0.15) is 18.4 Å². The Bertz CT molecular complexity index is 366. The van der Waals surface area contributed by atoms with Gasteiger partial charge in [-0.3, -0.25) is 9.89 Å². The number of likely N-dealkylation sites (N-methyl/N-ethyl adjacent to an activating group) is 1. The number of aromatic amines is 1. The van der Waals surface area contributed by atoms with Crippen molar-refractivity contribution in [3.8, 4) is 0 Å². The summed E-state index contributed by atoms with van der Waals surface area (Å²) in [5.74, 6) is 0.0159. The number of carbonyl (C=O) groups is 1. The number of nitrogens with two attached hydrogens (primary N) is 1. The Hall–Kier alpha value is -1.40. The standard InChI is InChI=1S/C11H18N4O2/c1-15(7-8-5-13-14-6-8)11(16)10-3-2-9(4-12)17-10/h5-6,9-10H,2-4,7,12H2,1H3,(H,13,14). The van der Waals surface area contributed by atoms with Gasteiger partial charge < -0.3 is 15.4 Å². The average Bonchev–Trinajstić information content (AvgIpc) is 2.98. The van der Waals surface area contributed by atoms with Crippen LogP contribution in [0.2, 0.25) is 0 Å². The topological polar surface area (TPSA) is 84.2 Å². The summed E-state index contributed by atoms with van der Waals surface area (Å²) in [6.07, 6.45) is 4.82. The molecule has 1 aliphatic heterocycles. The van der Waals surface area contributed by atoms with Gasteiger partial charge in [-0.25, -0.2) is 0 Å². The molecule has 0 saturated carbocycles. The van der Waals surface area contributed by atoms with Crippen molar-refractivity contribution < 1.29 is 9.53 Å². The molecule has 6 nitrogen and oxygen atoms in total. The largest absolute Gasteiger partial charge is 0.364 e. The fourth-order valence-electron chi connectivity index (χ4n) is 2.02. The zero-order valence-electron chi connectivity index (χ0n) is 9.93. The molecule has 0 spiro atoms. The van der Waals surface area contributed by atoms with Crippen LogP contribution in [0, 0.1) is 0 Å². The van der Waals surface area contributed by atoms with Crippen LogP contribution < -0.4 is 5.73 Å². The molecule has 1 aliphatic rings. The zero-order chi connectivity index (χ0) is 12.3. The first-order valence-corrected chi connectivity index (χ1v) is 5.79. The van der Waals surface area contributed by atoms with Gasteiger partial charge in [-0.1, -0.05) is 0 Å². The summed E-state index contributed by atoms with van der Waals surface area (Å²) in [4.78, 5) is 13.7. The summed E-state index contributed by atoms with van der Waals surface area (Å²) in [6, 6.07) is 0. The van der Waals surface area contributed by atoms with Gasteiger partial charge >= 0.3 is 0 Å². The minimum absolute atomic E-state index is 0.0159. The number of nitrogens with one attached hydrogen (secondary N) is 1. The van der Waals surface area contributed by atoms with Crippen LogP contribution >= 0.6 is 0 Å². The molecule has 0 bridgehead atoms. The lowest BCUT2D eigenvalue weighted by Gasteiger charge is -2.20. The average molecular weight is 238 g/mol. The van der Waals surface area contributed by atoms with Crippen LogP contribution in [0.15, 0.2) is 12.4 Å². The normalized spacial score (nSPS) is 23.9. The Morgan fingerprint density at radius 3 is 3.12 bits per heavy atom. The molecule has 1 saturated heterocycles. The van der Waals surface area contributed by atoms with Gasteiger partial charge in [0.15, 0.2) is 0 Å². The van der Waals surface area contributed by atoms with Crippen LogP contribution in [-0.2, 0) is 16.1 Å². The third-order valence-electron chi connectivity index (χ3n) is 3.00. The quantitative estimate of drug-likeness (QED) is 0.765. The SMILES string of the molecule is CN(Cc1cn[nH]c1)C(=O)C1CCC(CN)O1. The smallest absolute Gasteiger partial charge is 0.251 e. The number of hydrogen-bond donors (Lipinski definition) is 2. The fourth-order valence-corrected chi connectivity index (χ4v) is 2.02. The summed E-state index contributed by atoms with van der Waals surface area (Å²) in [5.41, 5.74) is 6.50. The fraction of sp³-hybridized carbons (Fsp3) is 0.636. The number of rotatable bonds is 4. The monoisotopic (exact) mass is 238 g/mol. The van der Waals surface area contributed by atoms with Crippen molar-refractivity contribution >= 4 is 5.91 Å². The number of ether oxygens (including phenoxy) is 1. The van der Waals surface area contributed by atoms with Crippen molar-refractivity contribution in [1.82, 2.24) is 15.1 Å². The molecule has 17 heavy (non-hydrogen) atoms. The Balaban J connectivity index is 1.87. The molecule has 2 unspecified atom stereocenters. The lowest BCUT2D eigenvalue weighted by molar-refractivity contribution is -0.141. The van der Waals surface area contributed by atoms with Crippen LogP contribution in [-0.4, -0.2) is 46.8 Å². The summed E-state index contributed by atoms with van der Waals surface area (Å²) >= 11 is 0. The molecule has 2 atom stereocenters. The first-order valence-electron chi connectivity index (χ1n) is 5.79. The van der Waals surface area contributed by atoms with Crippen LogP contribution in [0.25, 0.3) is 0 Å². The molecule has 1 amide bonds. The van der Waals surface area contributed by atoms with Gasteiger partial charge in [-0.2, -0.15) is 5.10 Å². The highest BCUT2D eigenvalue weighted by Gasteiger charge is 2.31. The minimum Gasteiger partial charge on any atom is -0.364 e. The molecule has 0 radical (unpaired) electrons. The van der Waals surface area contributed by atoms with Gasteiger partial charge in [0.1, 0.15) is 6.10 Å². The van der Waals surface area contributed by atoms with Crippen LogP contribution in [0.4, 0.5) is 0 Å². The molecule has 94 valence electrons. The van der Waals surface area contributed by atoms with Gasteiger partial charge in [0.25, 0.3) is 5.91 Å². The Kier molecular flexibility index (Phi) is 3.75. The van der Waals surface area contributed by atoms with E-state index in [2.05, 4.69) is 10.2 Å². The van der Waals surface area contributed by atoms with Gasteiger partial charge in [0, 0.05) is 31.9 Å². The van der Waals surface area contributed by atoms with E-state index in [0.717, 1.165) is 18.4 Å². The molecule has 0 aromatic carbocycles. The van der Waals surface area contributed by atoms with Crippen molar-refractivity contribution in [2.24, 2.45) is 5.73 Å². The number of nitrogens with zero attached hydrogens (tertiary/aromatic N) is 2. The summed E-state index contributed by atoms with van der Waals surface area (Å²) in [5, 5.41) is 6.57. The Morgan fingerprint density at radius 1 is 1.71 bits per heavy atom. The molecular weight excluding hydrogens is 220 g/mol. The molecular formula is C11H18N4O2. The van der Waals surface area contributed by atoms with E-state index in [1.807, 2.05) is 0 Å². The third kappa shape index (κ3) is 2.83. The van der Waals surface area contributed by atoms with E-state index in [1.165, 1.54) is 0 Å². The van der Waals surface area contributed by atoms with Gasteiger partial charge in [0.2, 0.25) is 0 Å². The van der Waals surface area contributed by atoms with Crippen molar-refractivity contribution in [2.45, 2.75) is 31.6 Å². The molecule has 1 aromatic heterocycles. The number of carbonyl (C=O) groups excluding carboxylic acids is 1. The lowest BCUT2D eigenvalue weighted by atomic mass is 10.2. The first kappa shape index (κ1) is 12.1. The zero-order valence-corrected chi connectivity index (χ0v) is 9.93. The molecule has 0 aliphatic carbocycles. The van der Waals surface area contributed by atoms with E-state index in [9.17, 15) is 4.79 Å². The number of hydrogen-bond acceptors (Lipinski definition) is 4. The van der Waals surface area contributed by atoms with Crippen molar-refractivity contribution in [1.29, 1.82) is 0 Å². The van der Waals surface area contributed by atoms with Crippen molar-refractivity contribution in [3.05, 3.63) is 18.0 Å². The predicted octanol–water partition coefficient (Wildman–Crippen LogP) is -0.126. The van der Waals surface area contributed by atoms with Gasteiger partial charge in [0.05, 0.1) is 12.3 Å². The lowest BCUT2D eigenvalue weighted by Crippen LogP contribution is -2.36. The highest BCUT2D eigenvalue weighted by molar-refractivity contribution is 5.80. The van der Waals surface area contributed by atoms with Gasteiger partial charge in [-0.05, 0) is 12.8 Å². The van der Waals surface area contributed by atoms with E-state index >= 15 is 0 Å². The molecule has 6 heteroatoms. The highest BCUT2D eigenvalue weighted by atomic mass is 16.5. The van der Waals surface area contributed by atoms with E-state index in [-0.39, 0.29) is 18.1 Å². The molecule has 1 aromatic rings. The second kappa shape index (κ2) is 5.29. The van der Waals surface area contributed by atoms with Crippen molar-refractivity contribution in [2.75, 3.05) is 13.6 Å². The maximum atomic E-state index is 12.1. The minimum atomic E-state index is -0.333. The van der Waals surface area contributed by atoms with E-state index in [4.69, 9.17) is 10.5 Å². The molecule has 3 N–H and O–H groups in total. The van der Waals surface area contributed by atoms with E-state index in [1.54, 1.807) is 24.3 Å². The molecule has 1 fully saturated rings. The third-order valence-corrected chi connectivity index (χ3v) is 3.00. The van der Waals surface area contributed by atoms with Crippen molar-refractivity contribution in [3.63, 3.8) is 0 Å². The maximum absolute atomic E-state index is 12.1. The second-order valence-electron chi connectivity index (χ2n) is 4.36. The highest BCUT2D eigenvalue weighted by Crippen LogP contribution is 2.20. The van der Waals surface area contributed by atoms with Crippen LogP contribution in [0.5, 0.6) is 0 Å². The summed E-state index contributed by atoms with van der Waals surface area (Å²) in [6.45, 7) is 1.03. The molecule has 2 heterocycles. The van der Waals surface area contributed by atoms with E-state index < -0.39 is 0 Å². The van der Waals surface area contributed by atoms with Gasteiger partial charge in [-0.15, -0.1) is 0 Å². The number of aromatic nitrogens is 2. The summed E-state index contributed by atoms with van der Waals surface area (Å²) in [7, 11) is 1.77. The molecule has 2 rings (SSSR count). The summed E-state index contributed by atoms with van der Waals surface area (Å²) < 4.78 is 5.57.